The van der Waals surface area contributed by atoms with Crippen LogP contribution in [0.2, 0.25) is 0 Å². The molecule has 1 aromatic carbocycles. The molecule has 0 N–H and O–H groups in total. The van der Waals surface area contributed by atoms with Gasteiger partial charge in [0.25, 0.3) is 0 Å². The fraction of sp³-hybridized carbons (Fsp3) is 0.308. The Morgan fingerprint density at radius 1 is 1.19 bits per heavy atom. The Hall–Kier alpha value is -1.35. The zero-order valence-corrected chi connectivity index (χ0v) is 10.8. The molecule has 1 aromatic heterocycles. The Morgan fingerprint density at radius 2 is 1.94 bits per heavy atom. The third-order valence-electron chi connectivity index (χ3n) is 2.56. The van der Waals surface area contributed by atoms with Crippen LogP contribution < -0.4 is 4.74 Å². The summed E-state index contributed by atoms with van der Waals surface area (Å²) in [4.78, 5) is 5.66. The Bertz CT molecular complexity index is 517. The van der Waals surface area contributed by atoms with Gasteiger partial charge in [0.05, 0.1) is 22.7 Å². The molecule has 0 aliphatic rings. The average Bonchev–Trinajstić information content (AvgIpc) is 2.57. The van der Waals surface area contributed by atoms with Gasteiger partial charge in [0, 0.05) is 5.56 Å². The molecule has 0 saturated carbocycles. The molecule has 16 heavy (non-hydrogen) atoms. The van der Waals surface area contributed by atoms with Gasteiger partial charge in [-0.25, -0.2) is 4.98 Å². The number of methoxy groups -OCH3 is 1. The second-order valence-electron chi connectivity index (χ2n) is 3.80. The van der Waals surface area contributed by atoms with E-state index in [1.165, 1.54) is 4.88 Å². The van der Waals surface area contributed by atoms with Gasteiger partial charge in [-0.15, -0.1) is 11.3 Å². The maximum atomic E-state index is 5.47. The number of hydrogen-bond donors (Lipinski definition) is 0. The summed E-state index contributed by atoms with van der Waals surface area (Å²) >= 11 is 1.71. The fourth-order valence-corrected chi connectivity index (χ4v) is 2.83. The second kappa shape index (κ2) is 4.26. The lowest BCUT2D eigenvalue weighted by Crippen LogP contribution is -1.90. The first-order valence-electron chi connectivity index (χ1n) is 5.21. The summed E-state index contributed by atoms with van der Waals surface area (Å²) in [6, 6.07) is 6.21. The van der Waals surface area contributed by atoms with Crippen molar-refractivity contribution in [2.45, 2.75) is 20.8 Å². The van der Waals surface area contributed by atoms with E-state index >= 15 is 0 Å². The van der Waals surface area contributed by atoms with Gasteiger partial charge >= 0.3 is 0 Å². The Labute approximate surface area is 99.9 Å². The molecule has 0 saturated heterocycles. The lowest BCUT2D eigenvalue weighted by atomic mass is 10.1. The average molecular weight is 233 g/mol. The highest BCUT2D eigenvalue weighted by Crippen LogP contribution is 2.37. The molecule has 2 aromatic rings. The summed E-state index contributed by atoms with van der Waals surface area (Å²) < 4.78 is 5.47. The van der Waals surface area contributed by atoms with Crippen LogP contribution in [-0.4, -0.2) is 12.1 Å². The van der Waals surface area contributed by atoms with Gasteiger partial charge in [0.1, 0.15) is 5.75 Å². The van der Waals surface area contributed by atoms with Crippen LogP contribution in [0.3, 0.4) is 0 Å². The third-order valence-corrected chi connectivity index (χ3v) is 3.67. The molecule has 0 aliphatic heterocycles. The van der Waals surface area contributed by atoms with E-state index in [9.17, 15) is 0 Å². The standard InChI is InChI=1S/C13H15NOS/c1-8-6-5-7-11(12(8)15-4)13-9(2)14-10(3)16-13/h5-7H,1-4H3. The second-order valence-corrected chi connectivity index (χ2v) is 5.01. The molecule has 0 radical (unpaired) electrons. The van der Waals surface area contributed by atoms with E-state index in [2.05, 4.69) is 30.1 Å². The van der Waals surface area contributed by atoms with Crippen molar-refractivity contribution in [2.24, 2.45) is 0 Å². The van der Waals surface area contributed by atoms with Crippen LogP contribution in [0.15, 0.2) is 18.2 Å². The van der Waals surface area contributed by atoms with E-state index in [0.717, 1.165) is 27.6 Å². The van der Waals surface area contributed by atoms with Crippen molar-refractivity contribution < 1.29 is 4.74 Å². The summed E-state index contributed by atoms with van der Waals surface area (Å²) in [5, 5.41) is 1.09. The van der Waals surface area contributed by atoms with Crippen LogP contribution in [0.1, 0.15) is 16.3 Å². The number of thiazole rings is 1. The molecular weight excluding hydrogens is 218 g/mol. The molecule has 0 spiro atoms. The van der Waals surface area contributed by atoms with E-state index in [1.54, 1.807) is 18.4 Å². The molecule has 1 heterocycles. The van der Waals surface area contributed by atoms with Crippen LogP contribution in [-0.2, 0) is 0 Å². The summed E-state index contributed by atoms with van der Waals surface area (Å²) in [6.07, 6.45) is 0. The van der Waals surface area contributed by atoms with Crippen LogP contribution in [0.4, 0.5) is 0 Å². The smallest absolute Gasteiger partial charge is 0.130 e. The van der Waals surface area contributed by atoms with Gasteiger partial charge in [-0.3, -0.25) is 0 Å². The Kier molecular flexibility index (Phi) is 2.97. The topological polar surface area (TPSA) is 22.1 Å². The molecular formula is C13H15NOS. The van der Waals surface area contributed by atoms with E-state index in [1.807, 2.05) is 13.8 Å². The number of aromatic nitrogens is 1. The number of rotatable bonds is 2. The molecule has 0 atom stereocenters. The van der Waals surface area contributed by atoms with Gasteiger partial charge in [-0.1, -0.05) is 12.1 Å². The minimum Gasteiger partial charge on any atom is -0.496 e. The summed E-state index contributed by atoms with van der Waals surface area (Å²) in [5.41, 5.74) is 3.38. The monoisotopic (exact) mass is 233 g/mol. The number of ether oxygens (including phenoxy) is 1. The zero-order valence-electron chi connectivity index (χ0n) is 10.00. The SMILES string of the molecule is COc1c(C)cccc1-c1sc(C)nc1C. The van der Waals surface area contributed by atoms with Crippen molar-refractivity contribution in [1.82, 2.24) is 4.98 Å². The molecule has 3 heteroatoms. The highest BCUT2D eigenvalue weighted by molar-refractivity contribution is 7.15. The van der Waals surface area contributed by atoms with Crippen molar-refractivity contribution in [2.75, 3.05) is 7.11 Å². The highest BCUT2D eigenvalue weighted by Gasteiger charge is 2.13. The molecule has 2 nitrogen and oxygen atoms in total. The van der Waals surface area contributed by atoms with Crippen LogP contribution in [0.25, 0.3) is 10.4 Å². The highest BCUT2D eigenvalue weighted by atomic mass is 32.1. The predicted molar refractivity (Wildman–Crippen MR) is 68.3 cm³/mol. The van der Waals surface area contributed by atoms with Crippen molar-refractivity contribution in [3.05, 3.63) is 34.5 Å². The number of para-hydroxylation sites is 1. The largest absolute Gasteiger partial charge is 0.496 e. The molecule has 0 bridgehead atoms. The maximum Gasteiger partial charge on any atom is 0.130 e. The first kappa shape index (κ1) is 11.1. The summed E-state index contributed by atoms with van der Waals surface area (Å²) in [6.45, 7) is 6.13. The minimum absolute atomic E-state index is 0.953. The summed E-state index contributed by atoms with van der Waals surface area (Å²) in [7, 11) is 1.72. The first-order valence-corrected chi connectivity index (χ1v) is 6.03. The normalized spacial score (nSPS) is 10.5. The molecule has 0 fully saturated rings. The van der Waals surface area contributed by atoms with E-state index in [0.29, 0.717) is 0 Å². The van der Waals surface area contributed by atoms with Gasteiger partial charge < -0.3 is 4.74 Å². The minimum atomic E-state index is 0.953. The maximum absolute atomic E-state index is 5.47. The van der Waals surface area contributed by atoms with Gasteiger partial charge in [0.2, 0.25) is 0 Å². The van der Waals surface area contributed by atoms with E-state index in [4.69, 9.17) is 4.74 Å². The van der Waals surface area contributed by atoms with E-state index in [-0.39, 0.29) is 0 Å². The van der Waals surface area contributed by atoms with Gasteiger partial charge in [-0.2, -0.15) is 0 Å². The molecule has 0 unspecified atom stereocenters. The van der Waals surface area contributed by atoms with Crippen molar-refractivity contribution in [1.29, 1.82) is 0 Å². The van der Waals surface area contributed by atoms with Crippen LogP contribution >= 0.6 is 11.3 Å². The van der Waals surface area contributed by atoms with Crippen LogP contribution in [0.5, 0.6) is 5.75 Å². The predicted octanol–water partition coefficient (Wildman–Crippen LogP) is 3.74. The lowest BCUT2D eigenvalue weighted by Gasteiger charge is -2.09. The summed E-state index contributed by atoms with van der Waals surface area (Å²) in [5.74, 6) is 0.953. The Balaban J connectivity index is 2.64. The van der Waals surface area contributed by atoms with Gasteiger partial charge in [0.15, 0.2) is 0 Å². The van der Waals surface area contributed by atoms with Crippen molar-refractivity contribution in [3.8, 4) is 16.2 Å². The number of nitrogens with zero attached hydrogens (tertiary/aromatic N) is 1. The van der Waals surface area contributed by atoms with E-state index < -0.39 is 0 Å². The van der Waals surface area contributed by atoms with Gasteiger partial charge in [-0.05, 0) is 32.4 Å². The first-order chi connectivity index (χ1) is 7.63. The third kappa shape index (κ3) is 1.83. The Morgan fingerprint density at radius 3 is 2.50 bits per heavy atom. The number of hydrogen-bond acceptors (Lipinski definition) is 3. The van der Waals surface area contributed by atoms with Crippen LogP contribution in [0, 0.1) is 20.8 Å². The quantitative estimate of drug-likeness (QED) is 0.788. The number of aryl methyl sites for hydroxylation is 3. The molecule has 0 amide bonds. The fourth-order valence-electron chi connectivity index (χ4n) is 1.88. The molecule has 84 valence electrons. The zero-order chi connectivity index (χ0) is 11.7. The van der Waals surface area contributed by atoms with Crippen molar-refractivity contribution in [3.63, 3.8) is 0 Å². The number of benzene rings is 1. The lowest BCUT2D eigenvalue weighted by molar-refractivity contribution is 0.413. The molecule has 2 rings (SSSR count). The van der Waals surface area contributed by atoms with Crippen molar-refractivity contribution >= 4 is 11.3 Å². The molecule has 0 aliphatic carbocycles.